The number of nitrogens with one attached hydrogen (secondary N) is 2. The van der Waals surface area contributed by atoms with Crippen LogP contribution >= 0.6 is 0 Å². The van der Waals surface area contributed by atoms with Crippen molar-refractivity contribution in [1.82, 2.24) is 24.6 Å². The number of aryl methyl sites for hydroxylation is 1. The molecule has 3 aromatic heterocycles. The Bertz CT molecular complexity index is 1390. The van der Waals surface area contributed by atoms with E-state index in [9.17, 15) is 9.59 Å². The molecule has 1 aromatic carbocycles. The molecule has 0 saturated carbocycles. The zero-order chi connectivity index (χ0) is 23.9. The summed E-state index contributed by atoms with van der Waals surface area (Å²) < 4.78 is 1.58. The quantitative estimate of drug-likeness (QED) is 0.459. The molecular weight excluding hydrogens is 440 g/mol. The van der Waals surface area contributed by atoms with Crippen LogP contribution in [0.25, 0.3) is 11.0 Å². The number of aromatic nitrogens is 4. The van der Waals surface area contributed by atoms with Crippen LogP contribution in [-0.2, 0) is 13.5 Å². The van der Waals surface area contributed by atoms with Gasteiger partial charge in [-0.25, -0.2) is 4.98 Å². The number of hydrogen-bond acceptors (Lipinski definition) is 4. The van der Waals surface area contributed by atoms with E-state index in [0.29, 0.717) is 22.9 Å². The lowest BCUT2D eigenvalue weighted by atomic mass is 9.85. The van der Waals surface area contributed by atoms with Gasteiger partial charge in [0.05, 0.1) is 11.3 Å². The molecule has 2 N–H and O–H groups in total. The Morgan fingerprint density at radius 3 is 2.69 bits per heavy atom. The summed E-state index contributed by atoms with van der Waals surface area (Å²) in [5.41, 5.74) is 3.56. The molecule has 2 amide bonds. The van der Waals surface area contributed by atoms with Crippen LogP contribution in [0.5, 0.6) is 0 Å². The molecule has 0 spiro atoms. The minimum atomic E-state index is -0.319. The lowest BCUT2D eigenvalue weighted by molar-refractivity contribution is 0.0525. The van der Waals surface area contributed by atoms with Crippen LogP contribution in [0.3, 0.4) is 0 Å². The van der Waals surface area contributed by atoms with E-state index < -0.39 is 0 Å². The van der Waals surface area contributed by atoms with Crippen molar-refractivity contribution < 1.29 is 9.59 Å². The van der Waals surface area contributed by atoms with Gasteiger partial charge in [-0.2, -0.15) is 5.10 Å². The number of H-pyrrole nitrogens is 1. The molecule has 2 aliphatic rings. The monoisotopic (exact) mass is 468 g/mol. The number of fused-ring (bicyclic) bond motifs is 3. The first-order valence-corrected chi connectivity index (χ1v) is 12.2. The van der Waals surface area contributed by atoms with Crippen molar-refractivity contribution in [2.75, 3.05) is 5.32 Å². The van der Waals surface area contributed by atoms with E-state index in [0.717, 1.165) is 43.1 Å². The SMILES string of the molecule is Cn1ccc(C(=O)Nc2ccccc2C(=O)N2C3CCC2CC(Cc2cnc4[nH]ccc4c2)C3)n1. The highest BCUT2D eigenvalue weighted by Crippen LogP contribution is 2.41. The molecule has 2 fully saturated rings. The molecule has 4 aromatic rings. The number of anilines is 1. The maximum absolute atomic E-state index is 13.7. The maximum atomic E-state index is 13.7. The fourth-order valence-corrected chi connectivity index (χ4v) is 5.86. The van der Waals surface area contributed by atoms with E-state index in [1.165, 1.54) is 5.56 Å². The molecule has 0 aliphatic carbocycles. The molecular formula is C27H28N6O2. The summed E-state index contributed by atoms with van der Waals surface area (Å²) in [7, 11) is 1.77. The second-order valence-electron chi connectivity index (χ2n) is 9.77. The molecule has 0 radical (unpaired) electrons. The van der Waals surface area contributed by atoms with E-state index in [2.05, 4.69) is 37.4 Å². The van der Waals surface area contributed by atoms with Gasteiger partial charge in [0.2, 0.25) is 0 Å². The van der Waals surface area contributed by atoms with Gasteiger partial charge >= 0.3 is 0 Å². The molecule has 2 unspecified atom stereocenters. The number of para-hydroxylation sites is 1. The van der Waals surface area contributed by atoms with E-state index in [1.807, 2.05) is 24.5 Å². The summed E-state index contributed by atoms with van der Waals surface area (Å²) in [6.45, 7) is 0. The molecule has 2 aliphatic heterocycles. The number of hydrogen-bond donors (Lipinski definition) is 2. The van der Waals surface area contributed by atoms with E-state index in [-0.39, 0.29) is 23.9 Å². The lowest BCUT2D eigenvalue weighted by Gasteiger charge is -2.39. The van der Waals surface area contributed by atoms with Crippen LogP contribution in [0.4, 0.5) is 5.69 Å². The summed E-state index contributed by atoms with van der Waals surface area (Å²) in [4.78, 5) is 36.2. The van der Waals surface area contributed by atoms with E-state index in [1.54, 1.807) is 36.1 Å². The van der Waals surface area contributed by atoms with Crippen molar-refractivity contribution in [3.8, 4) is 0 Å². The standard InChI is InChI=1S/C27H28N6O2/c1-32-11-9-24(31-32)26(34)30-23-5-3-2-4-22(23)27(35)33-20-6-7-21(33)15-17(14-20)12-18-13-19-8-10-28-25(19)29-16-18/h2-5,8-11,13,16-17,20-21H,6-7,12,14-15H2,1H3,(H,28,29)(H,30,34). The predicted octanol–water partition coefficient (Wildman–Crippen LogP) is 4.17. The Morgan fingerprint density at radius 1 is 1.11 bits per heavy atom. The van der Waals surface area contributed by atoms with Gasteiger partial charge < -0.3 is 15.2 Å². The highest BCUT2D eigenvalue weighted by molar-refractivity contribution is 6.08. The minimum absolute atomic E-state index is 0.00304. The number of pyridine rings is 1. The van der Waals surface area contributed by atoms with Crippen LogP contribution in [0.15, 0.2) is 61.1 Å². The topological polar surface area (TPSA) is 95.9 Å². The third-order valence-corrected chi connectivity index (χ3v) is 7.40. The van der Waals surface area contributed by atoms with Crippen LogP contribution in [0, 0.1) is 5.92 Å². The highest BCUT2D eigenvalue weighted by Gasteiger charge is 2.43. The third-order valence-electron chi connectivity index (χ3n) is 7.40. The average molecular weight is 469 g/mol. The Labute approximate surface area is 203 Å². The fourth-order valence-electron chi connectivity index (χ4n) is 5.86. The summed E-state index contributed by atoms with van der Waals surface area (Å²) in [5.74, 6) is 0.220. The van der Waals surface area contributed by atoms with Crippen molar-refractivity contribution >= 4 is 28.5 Å². The molecule has 8 heteroatoms. The number of rotatable bonds is 5. The van der Waals surface area contributed by atoms with Crippen molar-refractivity contribution in [3.05, 3.63) is 77.9 Å². The Hall–Kier alpha value is -3.94. The summed E-state index contributed by atoms with van der Waals surface area (Å²) >= 11 is 0. The Morgan fingerprint density at radius 2 is 1.91 bits per heavy atom. The van der Waals surface area contributed by atoms with E-state index >= 15 is 0 Å². The second-order valence-corrected chi connectivity index (χ2v) is 9.77. The van der Waals surface area contributed by atoms with Crippen molar-refractivity contribution in [2.24, 2.45) is 13.0 Å². The van der Waals surface area contributed by atoms with Crippen molar-refractivity contribution in [2.45, 2.75) is 44.2 Å². The first kappa shape index (κ1) is 21.6. The number of aromatic amines is 1. The molecule has 2 saturated heterocycles. The third kappa shape index (κ3) is 4.09. The van der Waals surface area contributed by atoms with Gasteiger partial charge in [-0.3, -0.25) is 14.3 Å². The van der Waals surface area contributed by atoms with Gasteiger partial charge in [-0.1, -0.05) is 12.1 Å². The number of amides is 2. The number of carbonyl (C=O) groups excluding carboxylic acids is 2. The van der Waals surface area contributed by atoms with Crippen LogP contribution in [0.2, 0.25) is 0 Å². The first-order valence-electron chi connectivity index (χ1n) is 12.2. The number of nitrogens with zero attached hydrogens (tertiary/aromatic N) is 4. The smallest absolute Gasteiger partial charge is 0.276 e. The fraction of sp³-hybridized carbons (Fsp3) is 0.333. The number of benzene rings is 1. The van der Waals surface area contributed by atoms with Crippen LogP contribution in [-0.4, -0.2) is 48.5 Å². The number of piperidine rings is 1. The Kier molecular flexibility index (Phi) is 5.36. The molecule has 178 valence electrons. The van der Waals surface area contributed by atoms with Crippen molar-refractivity contribution in [1.29, 1.82) is 0 Å². The molecule has 2 bridgehead atoms. The normalized spacial score (nSPS) is 21.4. The predicted molar refractivity (Wildman–Crippen MR) is 133 cm³/mol. The van der Waals surface area contributed by atoms with Crippen LogP contribution in [0.1, 0.15) is 52.1 Å². The summed E-state index contributed by atoms with van der Waals surface area (Å²) in [5, 5.41) is 8.20. The number of carbonyl (C=O) groups is 2. The van der Waals surface area contributed by atoms with Gasteiger partial charge in [-0.15, -0.1) is 0 Å². The summed E-state index contributed by atoms with van der Waals surface area (Å²) in [6.07, 6.45) is 10.7. The van der Waals surface area contributed by atoms with Gasteiger partial charge in [0.1, 0.15) is 5.65 Å². The molecule has 8 nitrogen and oxygen atoms in total. The van der Waals surface area contributed by atoms with Crippen LogP contribution < -0.4 is 5.32 Å². The minimum Gasteiger partial charge on any atom is -0.346 e. The summed E-state index contributed by atoms with van der Waals surface area (Å²) in [6, 6.07) is 13.7. The molecule has 6 rings (SSSR count). The molecule has 2 atom stereocenters. The van der Waals surface area contributed by atoms with Gasteiger partial charge in [0.15, 0.2) is 5.69 Å². The van der Waals surface area contributed by atoms with Gasteiger partial charge in [0, 0.05) is 43.1 Å². The molecule has 35 heavy (non-hydrogen) atoms. The highest BCUT2D eigenvalue weighted by atomic mass is 16.2. The van der Waals surface area contributed by atoms with Gasteiger partial charge in [-0.05, 0) is 73.9 Å². The van der Waals surface area contributed by atoms with E-state index in [4.69, 9.17) is 0 Å². The largest absolute Gasteiger partial charge is 0.346 e. The van der Waals surface area contributed by atoms with Crippen molar-refractivity contribution in [3.63, 3.8) is 0 Å². The lowest BCUT2D eigenvalue weighted by Crippen LogP contribution is -2.47. The zero-order valence-electron chi connectivity index (χ0n) is 19.6. The molecule has 5 heterocycles. The average Bonchev–Trinajstić information content (AvgIpc) is 3.56. The first-order chi connectivity index (χ1) is 17.0. The maximum Gasteiger partial charge on any atom is 0.276 e. The zero-order valence-corrected chi connectivity index (χ0v) is 19.6. The Balaban J connectivity index is 1.17. The van der Waals surface area contributed by atoms with Gasteiger partial charge in [0.25, 0.3) is 11.8 Å². The second kappa shape index (κ2) is 8.69.